The van der Waals surface area contributed by atoms with Gasteiger partial charge in [0.25, 0.3) is 0 Å². The summed E-state index contributed by atoms with van der Waals surface area (Å²) in [5.41, 5.74) is 0.715. The van der Waals surface area contributed by atoms with Gasteiger partial charge in [0.15, 0.2) is 0 Å². The van der Waals surface area contributed by atoms with Gasteiger partial charge in [0.1, 0.15) is 16.2 Å². The Morgan fingerprint density at radius 2 is 2.08 bits per heavy atom. The Balaban J connectivity index is 1.68. The van der Waals surface area contributed by atoms with E-state index in [9.17, 15) is 13.6 Å². The summed E-state index contributed by atoms with van der Waals surface area (Å²) < 4.78 is 31.9. The van der Waals surface area contributed by atoms with Crippen molar-refractivity contribution in [3.05, 3.63) is 64.2 Å². The number of pyridine rings is 1. The second-order valence-corrected chi connectivity index (χ2v) is 5.52. The number of carbonyl (C=O) groups excluding carboxylic acids is 1. The van der Waals surface area contributed by atoms with Gasteiger partial charge in [0.05, 0.1) is 0 Å². The average molecular weight is 395 g/mol. The second-order valence-electron chi connectivity index (χ2n) is 4.71. The van der Waals surface area contributed by atoms with E-state index in [-0.39, 0.29) is 23.8 Å². The number of hydrogen-bond acceptors (Lipinski definition) is 5. The first kappa shape index (κ1) is 16.2. The molecular weight excluding hydrogens is 386 g/mol. The Morgan fingerprint density at radius 1 is 1.25 bits per heavy atom. The zero-order valence-corrected chi connectivity index (χ0v) is 13.5. The van der Waals surface area contributed by atoms with Crippen molar-refractivity contribution in [3.63, 3.8) is 0 Å². The number of rotatable bonds is 4. The molecule has 0 radical (unpaired) electrons. The quantitative estimate of drug-likeness (QED) is 0.687. The smallest absolute Gasteiger partial charge is 0.316 e. The standard InChI is InChI=1S/C15H9BrF2N4O2/c16-12-4-2-9(7-19-12)13-21-15(24-22-13)14(23)20-6-8-1-3-10(17)5-11(8)18/h1-5,7H,6H2,(H,20,23). The summed E-state index contributed by atoms with van der Waals surface area (Å²) >= 11 is 3.21. The molecule has 0 spiro atoms. The molecule has 6 nitrogen and oxygen atoms in total. The number of carbonyl (C=O) groups is 1. The third-order valence-corrected chi connectivity index (χ3v) is 3.53. The first-order valence-corrected chi connectivity index (χ1v) is 7.50. The van der Waals surface area contributed by atoms with Gasteiger partial charge in [0, 0.05) is 29.9 Å². The summed E-state index contributed by atoms with van der Waals surface area (Å²) in [5.74, 6) is -2.17. The molecule has 122 valence electrons. The van der Waals surface area contributed by atoms with E-state index in [1.54, 1.807) is 12.1 Å². The Hall–Kier alpha value is -2.68. The van der Waals surface area contributed by atoms with Crippen molar-refractivity contribution in [1.29, 1.82) is 0 Å². The summed E-state index contributed by atoms with van der Waals surface area (Å²) in [5, 5.41) is 6.12. The molecule has 1 aromatic carbocycles. The molecule has 0 aliphatic carbocycles. The molecule has 2 aromatic heterocycles. The van der Waals surface area contributed by atoms with Gasteiger partial charge in [-0.05, 0) is 34.1 Å². The van der Waals surface area contributed by atoms with Crippen molar-refractivity contribution >= 4 is 21.8 Å². The summed E-state index contributed by atoms with van der Waals surface area (Å²) in [4.78, 5) is 20.0. The fourth-order valence-corrected chi connectivity index (χ4v) is 2.09. The van der Waals surface area contributed by atoms with Gasteiger partial charge in [0.2, 0.25) is 5.82 Å². The van der Waals surface area contributed by atoms with Crippen molar-refractivity contribution in [2.24, 2.45) is 0 Å². The van der Waals surface area contributed by atoms with E-state index in [1.807, 2.05) is 0 Å². The highest BCUT2D eigenvalue weighted by atomic mass is 79.9. The van der Waals surface area contributed by atoms with Gasteiger partial charge >= 0.3 is 11.8 Å². The van der Waals surface area contributed by atoms with Crippen LogP contribution in [0.4, 0.5) is 8.78 Å². The zero-order chi connectivity index (χ0) is 17.1. The largest absolute Gasteiger partial charge is 0.344 e. The first-order valence-electron chi connectivity index (χ1n) is 6.70. The van der Waals surface area contributed by atoms with Crippen LogP contribution < -0.4 is 5.32 Å². The Bertz CT molecular complexity index is 883. The molecule has 0 fully saturated rings. The van der Waals surface area contributed by atoms with Gasteiger partial charge in [-0.3, -0.25) is 4.79 Å². The molecule has 0 saturated carbocycles. The van der Waals surface area contributed by atoms with E-state index < -0.39 is 17.5 Å². The third-order valence-electron chi connectivity index (χ3n) is 3.06. The number of nitrogens with one attached hydrogen (secondary N) is 1. The van der Waals surface area contributed by atoms with Crippen molar-refractivity contribution < 1.29 is 18.1 Å². The topological polar surface area (TPSA) is 80.9 Å². The molecular formula is C15H9BrF2N4O2. The molecule has 3 rings (SSSR count). The van der Waals surface area contributed by atoms with Crippen LogP contribution in [0, 0.1) is 11.6 Å². The van der Waals surface area contributed by atoms with E-state index in [4.69, 9.17) is 4.52 Å². The van der Waals surface area contributed by atoms with E-state index in [0.29, 0.717) is 10.2 Å². The van der Waals surface area contributed by atoms with Crippen LogP contribution in [0.5, 0.6) is 0 Å². The fourth-order valence-electron chi connectivity index (χ4n) is 1.86. The molecule has 2 heterocycles. The molecule has 3 aromatic rings. The summed E-state index contributed by atoms with van der Waals surface area (Å²) in [6.45, 7) is -0.136. The lowest BCUT2D eigenvalue weighted by atomic mass is 10.2. The molecule has 0 atom stereocenters. The van der Waals surface area contributed by atoms with Crippen molar-refractivity contribution in [2.45, 2.75) is 6.54 Å². The molecule has 24 heavy (non-hydrogen) atoms. The predicted molar refractivity (Wildman–Crippen MR) is 82.8 cm³/mol. The number of aromatic nitrogens is 3. The fraction of sp³-hybridized carbons (Fsp3) is 0.0667. The lowest BCUT2D eigenvalue weighted by molar-refractivity contribution is 0.0906. The Labute approximate surface area is 143 Å². The summed E-state index contributed by atoms with van der Waals surface area (Å²) in [7, 11) is 0. The van der Waals surface area contributed by atoms with Crippen LogP contribution in [0.1, 0.15) is 16.2 Å². The number of halogens is 3. The molecule has 0 aliphatic heterocycles. The summed E-state index contributed by atoms with van der Waals surface area (Å²) in [6, 6.07) is 6.50. The minimum absolute atomic E-state index is 0.136. The lowest BCUT2D eigenvalue weighted by Crippen LogP contribution is -2.23. The monoisotopic (exact) mass is 394 g/mol. The van der Waals surface area contributed by atoms with Crippen molar-refractivity contribution in [2.75, 3.05) is 0 Å². The highest BCUT2D eigenvalue weighted by molar-refractivity contribution is 9.10. The van der Waals surface area contributed by atoms with Gasteiger partial charge in [-0.1, -0.05) is 11.2 Å². The van der Waals surface area contributed by atoms with E-state index in [2.05, 4.69) is 36.4 Å². The molecule has 1 N–H and O–H groups in total. The molecule has 1 amide bonds. The van der Waals surface area contributed by atoms with Gasteiger partial charge in [-0.15, -0.1) is 0 Å². The molecule has 9 heteroatoms. The van der Waals surface area contributed by atoms with E-state index in [1.165, 1.54) is 12.3 Å². The van der Waals surface area contributed by atoms with Crippen LogP contribution in [0.15, 0.2) is 45.7 Å². The van der Waals surface area contributed by atoms with Gasteiger partial charge in [-0.2, -0.15) is 4.98 Å². The van der Waals surface area contributed by atoms with Crippen LogP contribution in [0.3, 0.4) is 0 Å². The van der Waals surface area contributed by atoms with Crippen LogP contribution >= 0.6 is 15.9 Å². The number of benzene rings is 1. The zero-order valence-electron chi connectivity index (χ0n) is 12.0. The van der Waals surface area contributed by atoms with E-state index >= 15 is 0 Å². The van der Waals surface area contributed by atoms with Crippen LogP contribution in [0.2, 0.25) is 0 Å². The normalized spacial score (nSPS) is 10.6. The maximum absolute atomic E-state index is 13.5. The lowest BCUT2D eigenvalue weighted by Gasteiger charge is -2.03. The SMILES string of the molecule is O=C(NCc1ccc(F)cc1F)c1nc(-c2ccc(Br)nc2)no1. The average Bonchev–Trinajstić information content (AvgIpc) is 3.04. The van der Waals surface area contributed by atoms with Crippen molar-refractivity contribution in [3.8, 4) is 11.4 Å². The summed E-state index contributed by atoms with van der Waals surface area (Å²) in [6.07, 6.45) is 1.52. The molecule has 0 unspecified atom stereocenters. The molecule has 0 saturated heterocycles. The van der Waals surface area contributed by atoms with Crippen molar-refractivity contribution in [1.82, 2.24) is 20.4 Å². The maximum atomic E-state index is 13.5. The Kier molecular flexibility index (Phi) is 4.61. The molecule has 0 aliphatic rings. The first-order chi connectivity index (χ1) is 11.5. The predicted octanol–water partition coefficient (Wildman–Crippen LogP) is 3.10. The third kappa shape index (κ3) is 3.62. The van der Waals surface area contributed by atoms with E-state index in [0.717, 1.165) is 12.1 Å². The highest BCUT2D eigenvalue weighted by Crippen LogP contribution is 2.17. The molecule has 0 bridgehead atoms. The number of nitrogens with zero attached hydrogens (tertiary/aromatic N) is 3. The van der Waals surface area contributed by atoms with Gasteiger partial charge < -0.3 is 9.84 Å². The minimum Gasteiger partial charge on any atom is -0.344 e. The maximum Gasteiger partial charge on any atom is 0.316 e. The minimum atomic E-state index is -0.748. The van der Waals surface area contributed by atoms with Crippen LogP contribution in [-0.2, 0) is 6.54 Å². The van der Waals surface area contributed by atoms with Gasteiger partial charge in [-0.25, -0.2) is 13.8 Å². The number of hydrogen-bond donors (Lipinski definition) is 1. The Morgan fingerprint density at radius 3 is 2.79 bits per heavy atom. The highest BCUT2D eigenvalue weighted by Gasteiger charge is 2.16. The number of amides is 1. The van der Waals surface area contributed by atoms with Crippen LogP contribution in [-0.4, -0.2) is 21.0 Å². The van der Waals surface area contributed by atoms with Crippen LogP contribution in [0.25, 0.3) is 11.4 Å². The second kappa shape index (κ2) is 6.83.